The van der Waals surface area contributed by atoms with Crippen LogP contribution in [0.2, 0.25) is 0 Å². The van der Waals surface area contributed by atoms with Crippen LogP contribution in [0.5, 0.6) is 0 Å². The molecule has 0 bridgehead atoms. The molecule has 20 heavy (non-hydrogen) atoms. The maximum Gasteiger partial charge on any atom is 0.261 e. The van der Waals surface area contributed by atoms with Gasteiger partial charge in [0.1, 0.15) is 0 Å². The number of fused-ring (bicyclic) bond motifs is 1. The fourth-order valence-electron chi connectivity index (χ4n) is 3.42. The summed E-state index contributed by atoms with van der Waals surface area (Å²) in [7, 11) is 0. The Morgan fingerprint density at radius 1 is 1.10 bits per heavy atom. The summed E-state index contributed by atoms with van der Waals surface area (Å²) in [5, 5.41) is 0. The van der Waals surface area contributed by atoms with Crippen LogP contribution in [0, 0.1) is 5.92 Å². The molecule has 2 N–H and O–H groups in total. The predicted molar refractivity (Wildman–Crippen MR) is 77.4 cm³/mol. The second-order valence-electron chi connectivity index (χ2n) is 5.87. The summed E-state index contributed by atoms with van der Waals surface area (Å²) < 4.78 is 0. The Balaban J connectivity index is 1.83. The van der Waals surface area contributed by atoms with E-state index in [1.54, 1.807) is 18.2 Å². The fourth-order valence-corrected chi connectivity index (χ4v) is 3.42. The van der Waals surface area contributed by atoms with E-state index in [1.165, 1.54) is 11.3 Å². The van der Waals surface area contributed by atoms with E-state index in [0.29, 0.717) is 16.8 Å². The third-order valence-electron chi connectivity index (χ3n) is 4.70. The van der Waals surface area contributed by atoms with E-state index in [1.807, 2.05) is 0 Å². The summed E-state index contributed by atoms with van der Waals surface area (Å²) in [6.07, 6.45) is 5.26. The second-order valence-corrected chi connectivity index (χ2v) is 5.87. The summed E-state index contributed by atoms with van der Waals surface area (Å²) >= 11 is 0. The number of nitrogens with zero attached hydrogens (tertiary/aromatic N) is 1. The first-order chi connectivity index (χ1) is 9.61. The minimum absolute atomic E-state index is 0.0615. The van der Waals surface area contributed by atoms with Crippen LogP contribution in [-0.2, 0) is 0 Å². The number of carbonyl (C=O) groups is 2. The Kier molecular flexibility index (Phi) is 3.24. The first-order valence-corrected chi connectivity index (χ1v) is 7.39. The molecule has 0 saturated heterocycles. The maximum atomic E-state index is 12.5. The number of hydrogen-bond donors (Lipinski definition) is 1. The van der Waals surface area contributed by atoms with Crippen LogP contribution in [0.4, 0.5) is 5.69 Å². The Labute approximate surface area is 118 Å². The number of hydrogen-bond acceptors (Lipinski definition) is 3. The molecule has 1 aromatic carbocycles. The Morgan fingerprint density at radius 3 is 2.40 bits per heavy atom. The van der Waals surface area contributed by atoms with Crippen LogP contribution in [0.1, 0.15) is 59.7 Å². The predicted octanol–water partition coefficient (Wildman–Crippen LogP) is 2.83. The molecule has 4 nitrogen and oxygen atoms in total. The highest BCUT2D eigenvalue weighted by Crippen LogP contribution is 2.34. The van der Waals surface area contributed by atoms with Crippen molar-refractivity contribution in [1.29, 1.82) is 0 Å². The monoisotopic (exact) mass is 272 g/mol. The zero-order valence-corrected chi connectivity index (χ0v) is 11.8. The van der Waals surface area contributed by atoms with Crippen molar-refractivity contribution in [3.05, 3.63) is 29.3 Å². The molecule has 0 aromatic heterocycles. The minimum atomic E-state index is -0.169. The highest BCUT2D eigenvalue weighted by molar-refractivity contribution is 6.21. The van der Waals surface area contributed by atoms with Crippen molar-refractivity contribution in [2.75, 3.05) is 5.73 Å². The van der Waals surface area contributed by atoms with E-state index in [0.717, 1.165) is 31.6 Å². The van der Waals surface area contributed by atoms with Gasteiger partial charge < -0.3 is 5.73 Å². The van der Waals surface area contributed by atoms with Gasteiger partial charge in [-0.2, -0.15) is 0 Å². The van der Waals surface area contributed by atoms with Gasteiger partial charge in [0, 0.05) is 11.7 Å². The van der Waals surface area contributed by atoms with E-state index in [9.17, 15) is 9.59 Å². The molecular formula is C16H20N2O2. The minimum Gasteiger partial charge on any atom is -0.399 e. The van der Waals surface area contributed by atoms with Gasteiger partial charge >= 0.3 is 0 Å². The largest absolute Gasteiger partial charge is 0.399 e. The van der Waals surface area contributed by atoms with Gasteiger partial charge in [-0.3, -0.25) is 14.5 Å². The Bertz CT molecular complexity index is 560. The Hall–Kier alpha value is -1.84. The van der Waals surface area contributed by atoms with Crippen LogP contribution >= 0.6 is 0 Å². The number of nitrogen functional groups attached to an aromatic ring is 1. The molecule has 3 rings (SSSR count). The summed E-state index contributed by atoms with van der Waals surface area (Å²) in [6.45, 7) is 2.20. The molecule has 0 atom stereocenters. The van der Waals surface area contributed by atoms with Crippen LogP contribution in [0.3, 0.4) is 0 Å². The molecule has 2 aliphatic rings. The molecule has 0 unspecified atom stereocenters. The lowest BCUT2D eigenvalue weighted by molar-refractivity contribution is 0.0529. The van der Waals surface area contributed by atoms with Crippen molar-refractivity contribution >= 4 is 17.5 Å². The summed E-state index contributed by atoms with van der Waals surface area (Å²) in [5.74, 6) is 0.430. The molecule has 1 aliphatic carbocycles. The van der Waals surface area contributed by atoms with Crippen molar-refractivity contribution in [3.8, 4) is 0 Å². The highest BCUT2D eigenvalue weighted by Gasteiger charge is 2.40. The van der Waals surface area contributed by atoms with Gasteiger partial charge in [0.05, 0.1) is 11.1 Å². The fraction of sp³-hybridized carbons (Fsp3) is 0.500. The zero-order valence-electron chi connectivity index (χ0n) is 11.8. The van der Waals surface area contributed by atoms with Gasteiger partial charge in [-0.05, 0) is 49.8 Å². The van der Waals surface area contributed by atoms with Gasteiger partial charge in [0.25, 0.3) is 11.8 Å². The Morgan fingerprint density at radius 2 is 1.75 bits per heavy atom. The molecule has 1 aromatic rings. The summed E-state index contributed by atoms with van der Waals surface area (Å²) in [6, 6.07) is 5.03. The van der Waals surface area contributed by atoms with E-state index in [-0.39, 0.29) is 17.9 Å². The van der Waals surface area contributed by atoms with Crippen molar-refractivity contribution in [3.63, 3.8) is 0 Å². The standard InChI is InChI=1S/C16H20N2O2/c1-2-10-3-6-12(7-4-10)18-15(19)13-8-5-11(17)9-14(13)16(18)20/h5,8-10,12H,2-4,6-7,17H2,1H3. The van der Waals surface area contributed by atoms with Crippen LogP contribution in [0.15, 0.2) is 18.2 Å². The highest BCUT2D eigenvalue weighted by atomic mass is 16.2. The second kappa shape index (κ2) is 4.93. The molecular weight excluding hydrogens is 252 g/mol. The van der Waals surface area contributed by atoms with E-state index >= 15 is 0 Å². The van der Waals surface area contributed by atoms with Crippen molar-refractivity contribution < 1.29 is 9.59 Å². The number of amides is 2. The molecule has 1 saturated carbocycles. The number of carbonyl (C=O) groups excluding carboxylic acids is 2. The van der Waals surface area contributed by atoms with E-state index in [4.69, 9.17) is 5.73 Å². The topological polar surface area (TPSA) is 63.4 Å². The lowest BCUT2D eigenvalue weighted by atomic mass is 9.84. The molecule has 106 valence electrons. The molecule has 0 radical (unpaired) electrons. The normalized spacial score (nSPS) is 25.9. The van der Waals surface area contributed by atoms with Crippen molar-refractivity contribution in [1.82, 2.24) is 4.90 Å². The molecule has 2 amide bonds. The average molecular weight is 272 g/mol. The molecule has 4 heteroatoms. The number of nitrogens with two attached hydrogens (primary N) is 1. The lowest BCUT2D eigenvalue weighted by Gasteiger charge is -2.33. The summed E-state index contributed by atoms with van der Waals surface area (Å²) in [4.78, 5) is 26.4. The quantitative estimate of drug-likeness (QED) is 0.665. The molecule has 0 spiro atoms. The number of benzene rings is 1. The van der Waals surface area contributed by atoms with Gasteiger partial charge in [0.15, 0.2) is 0 Å². The van der Waals surface area contributed by atoms with Gasteiger partial charge in [-0.1, -0.05) is 13.3 Å². The molecule has 1 aliphatic heterocycles. The van der Waals surface area contributed by atoms with Crippen LogP contribution < -0.4 is 5.73 Å². The van der Waals surface area contributed by atoms with E-state index < -0.39 is 0 Å². The van der Waals surface area contributed by atoms with Gasteiger partial charge in [-0.25, -0.2) is 0 Å². The van der Waals surface area contributed by atoms with Crippen LogP contribution in [0.25, 0.3) is 0 Å². The van der Waals surface area contributed by atoms with Gasteiger partial charge in [0.2, 0.25) is 0 Å². The number of rotatable bonds is 2. The summed E-state index contributed by atoms with van der Waals surface area (Å²) in [5.41, 5.74) is 7.21. The van der Waals surface area contributed by atoms with E-state index in [2.05, 4.69) is 6.92 Å². The zero-order chi connectivity index (χ0) is 14.3. The van der Waals surface area contributed by atoms with Crippen molar-refractivity contribution in [2.45, 2.75) is 45.1 Å². The van der Waals surface area contributed by atoms with Crippen molar-refractivity contribution in [2.24, 2.45) is 5.92 Å². The first kappa shape index (κ1) is 13.2. The van der Waals surface area contributed by atoms with Gasteiger partial charge in [-0.15, -0.1) is 0 Å². The number of imide groups is 1. The third kappa shape index (κ3) is 1.99. The smallest absolute Gasteiger partial charge is 0.261 e. The molecule has 1 fully saturated rings. The number of anilines is 1. The first-order valence-electron chi connectivity index (χ1n) is 7.39. The van der Waals surface area contributed by atoms with Crippen LogP contribution in [-0.4, -0.2) is 22.8 Å². The SMILES string of the molecule is CCC1CCC(N2C(=O)c3ccc(N)cc3C2=O)CC1. The molecule has 1 heterocycles. The third-order valence-corrected chi connectivity index (χ3v) is 4.70. The maximum absolute atomic E-state index is 12.5. The lowest BCUT2D eigenvalue weighted by Crippen LogP contribution is -2.41. The average Bonchev–Trinajstić information content (AvgIpc) is 2.71.